The summed E-state index contributed by atoms with van der Waals surface area (Å²) in [4.78, 5) is -0.314. The van der Waals surface area contributed by atoms with E-state index in [1.54, 1.807) is 72.8 Å². The van der Waals surface area contributed by atoms with Gasteiger partial charge in [-0.3, -0.25) is 0 Å². The Morgan fingerprint density at radius 3 is 1.14 bits per heavy atom. The summed E-state index contributed by atoms with van der Waals surface area (Å²) < 4.78 is 65.3. The fourth-order valence-electron chi connectivity index (χ4n) is 2.83. The maximum absolute atomic E-state index is 10.9. The third-order valence-corrected chi connectivity index (χ3v) is 5.83. The van der Waals surface area contributed by atoms with Crippen LogP contribution in [-0.2, 0) is 37.3 Å². The van der Waals surface area contributed by atoms with Gasteiger partial charge in [-0.05, 0) is 33.7 Å². The standard InChI is InChI=1S/2C10H8O3S.Fe/c2*11-14(12,13)10-7-3-5-8-4-1-2-6-9(8)10;/h2*1-7H,(H,11,12,13);/q;;+2/p-2. The van der Waals surface area contributed by atoms with Crippen LogP contribution in [-0.4, -0.2) is 25.9 Å². The van der Waals surface area contributed by atoms with Gasteiger partial charge in [0, 0.05) is 0 Å². The molecule has 9 heteroatoms. The van der Waals surface area contributed by atoms with E-state index in [0.717, 1.165) is 10.8 Å². The molecule has 4 aromatic carbocycles. The van der Waals surface area contributed by atoms with E-state index in [1.165, 1.54) is 12.1 Å². The van der Waals surface area contributed by atoms with E-state index < -0.39 is 20.2 Å². The summed E-state index contributed by atoms with van der Waals surface area (Å²) in [6.45, 7) is 0. The minimum absolute atomic E-state index is 0. The van der Waals surface area contributed by atoms with Crippen LogP contribution in [0.15, 0.2) is 94.7 Å². The third-order valence-electron chi connectivity index (χ3n) is 4.04. The van der Waals surface area contributed by atoms with Crippen LogP contribution in [0.25, 0.3) is 21.5 Å². The molecule has 0 amide bonds. The Bertz CT molecular complexity index is 1250. The van der Waals surface area contributed by atoms with Crippen molar-refractivity contribution < 1.29 is 43.0 Å². The maximum atomic E-state index is 10.9. The monoisotopic (exact) mass is 470 g/mol. The Morgan fingerprint density at radius 2 is 0.793 bits per heavy atom. The molecule has 0 unspecified atom stereocenters. The largest absolute Gasteiger partial charge is 2.00 e. The van der Waals surface area contributed by atoms with Gasteiger partial charge < -0.3 is 9.11 Å². The second kappa shape index (κ2) is 9.04. The van der Waals surface area contributed by atoms with Crippen LogP contribution < -0.4 is 0 Å². The average Bonchev–Trinajstić information content (AvgIpc) is 2.66. The first-order valence-electron chi connectivity index (χ1n) is 8.05. The van der Waals surface area contributed by atoms with E-state index in [9.17, 15) is 25.9 Å². The van der Waals surface area contributed by atoms with E-state index in [0.29, 0.717) is 10.8 Å². The minimum Gasteiger partial charge on any atom is -0.744 e. The normalized spacial score (nSPS) is 11.4. The van der Waals surface area contributed by atoms with Gasteiger partial charge in [0.2, 0.25) is 0 Å². The van der Waals surface area contributed by atoms with E-state index in [1.807, 2.05) is 0 Å². The molecule has 29 heavy (non-hydrogen) atoms. The van der Waals surface area contributed by atoms with Crippen molar-refractivity contribution in [2.75, 3.05) is 0 Å². The number of rotatable bonds is 2. The molecule has 0 saturated carbocycles. The van der Waals surface area contributed by atoms with Crippen molar-refractivity contribution >= 4 is 41.8 Å². The SMILES string of the molecule is O=S(=O)([O-])c1cccc2ccccc12.O=S(=O)([O-])c1cccc2ccccc12.[Fe+2]. The zero-order valence-electron chi connectivity index (χ0n) is 14.7. The molecule has 0 saturated heterocycles. The van der Waals surface area contributed by atoms with Crippen LogP contribution in [0.4, 0.5) is 0 Å². The summed E-state index contributed by atoms with van der Waals surface area (Å²) in [5, 5.41) is 2.46. The molecule has 0 aliphatic carbocycles. The predicted molar refractivity (Wildman–Crippen MR) is 104 cm³/mol. The molecule has 0 aliphatic heterocycles. The number of fused-ring (bicyclic) bond motifs is 2. The summed E-state index contributed by atoms with van der Waals surface area (Å²) in [6, 6.07) is 23.1. The third kappa shape index (κ3) is 5.42. The Labute approximate surface area is 179 Å². The molecule has 4 rings (SSSR count). The van der Waals surface area contributed by atoms with Crippen LogP contribution >= 0.6 is 0 Å². The molecule has 0 atom stereocenters. The molecule has 0 spiro atoms. The van der Waals surface area contributed by atoms with Crippen molar-refractivity contribution in [2.24, 2.45) is 0 Å². The van der Waals surface area contributed by atoms with Crippen LogP contribution in [0.5, 0.6) is 0 Å². The molecule has 150 valence electrons. The van der Waals surface area contributed by atoms with Gasteiger partial charge in [-0.1, -0.05) is 72.8 Å². The second-order valence-electron chi connectivity index (χ2n) is 5.86. The van der Waals surface area contributed by atoms with Gasteiger partial charge in [-0.25, -0.2) is 16.8 Å². The molecule has 0 radical (unpaired) electrons. The average molecular weight is 470 g/mol. The number of hydrogen-bond donors (Lipinski definition) is 0. The van der Waals surface area contributed by atoms with E-state index in [4.69, 9.17) is 0 Å². The molecule has 6 nitrogen and oxygen atoms in total. The van der Waals surface area contributed by atoms with Gasteiger partial charge in [0.05, 0.1) is 9.79 Å². The van der Waals surface area contributed by atoms with Crippen molar-refractivity contribution in [3.8, 4) is 0 Å². The summed E-state index contributed by atoms with van der Waals surface area (Å²) in [7, 11) is -8.76. The van der Waals surface area contributed by atoms with Crippen LogP contribution in [0, 0.1) is 0 Å². The second-order valence-corrected chi connectivity index (χ2v) is 8.56. The summed E-state index contributed by atoms with van der Waals surface area (Å²) in [5.74, 6) is 0. The van der Waals surface area contributed by atoms with Crippen molar-refractivity contribution in [3.63, 3.8) is 0 Å². The Kier molecular flexibility index (Phi) is 7.18. The Balaban J connectivity index is 0.000000200. The van der Waals surface area contributed by atoms with Crippen molar-refractivity contribution in [2.45, 2.75) is 9.79 Å². The quantitative estimate of drug-likeness (QED) is 0.327. The molecule has 0 aliphatic rings. The zero-order valence-corrected chi connectivity index (χ0v) is 17.4. The van der Waals surface area contributed by atoms with E-state index >= 15 is 0 Å². The Morgan fingerprint density at radius 1 is 0.483 bits per heavy atom. The van der Waals surface area contributed by atoms with Crippen molar-refractivity contribution in [1.29, 1.82) is 0 Å². The van der Waals surface area contributed by atoms with Crippen LogP contribution in [0.1, 0.15) is 0 Å². The first-order valence-corrected chi connectivity index (χ1v) is 10.9. The molecular formula is C20H14FeO6S2. The van der Waals surface area contributed by atoms with Gasteiger partial charge in [0.25, 0.3) is 0 Å². The van der Waals surface area contributed by atoms with Crippen molar-refractivity contribution in [3.05, 3.63) is 84.9 Å². The van der Waals surface area contributed by atoms with E-state index in [-0.39, 0.29) is 26.9 Å². The molecular weight excluding hydrogens is 456 g/mol. The van der Waals surface area contributed by atoms with Crippen LogP contribution in [0.3, 0.4) is 0 Å². The van der Waals surface area contributed by atoms with Gasteiger partial charge in [-0.15, -0.1) is 0 Å². The van der Waals surface area contributed by atoms with Gasteiger partial charge >= 0.3 is 17.1 Å². The fourth-order valence-corrected chi connectivity index (χ4v) is 4.23. The molecule has 0 heterocycles. The first kappa shape index (κ1) is 23.0. The van der Waals surface area contributed by atoms with Crippen molar-refractivity contribution in [1.82, 2.24) is 0 Å². The minimum atomic E-state index is -4.38. The zero-order chi connectivity index (χ0) is 20.4. The maximum Gasteiger partial charge on any atom is 2.00 e. The van der Waals surface area contributed by atoms with Gasteiger partial charge in [-0.2, -0.15) is 0 Å². The number of benzene rings is 4. The summed E-state index contributed by atoms with van der Waals surface area (Å²) in [5.41, 5.74) is 0. The topological polar surface area (TPSA) is 114 Å². The molecule has 0 N–H and O–H groups in total. The fraction of sp³-hybridized carbons (Fsp3) is 0. The smallest absolute Gasteiger partial charge is 0.744 e. The predicted octanol–water partition coefficient (Wildman–Crippen LogP) is 3.49. The molecule has 4 aromatic rings. The summed E-state index contributed by atoms with van der Waals surface area (Å²) >= 11 is 0. The van der Waals surface area contributed by atoms with E-state index in [2.05, 4.69) is 0 Å². The summed E-state index contributed by atoms with van der Waals surface area (Å²) in [6.07, 6.45) is 0. The Hall–Kier alpha value is -2.26. The first-order chi connectivity index (χ1) is 13.2. The molecule has 0 aromatic heterocycles. The van der Waals surface area contributed by atoms with Gasteiger partial charge in [0.15, 0.2) is 0 Å². The molecule has 0 fully saturated rings. The van der Waals surface area contributed by atoms with Gasteiger partial charge in [0.1, 0.15) is 20.2 Å². The molecule has 0 bridgehead atoms. The van der Waals surface area contributed by atoms with Crippen LogP contribution in [0.2, 0.25) is 0 Å². The number of hydrogen-bond acceptors (Lipinski definition) is 6.